The zero-order chi connectivity index (χ0) is 11.0. The fourth-order valence-electron chi connectivity index (χ4n) is 1.58. The molecule has 0 saturated heterocycles. The lowest BCUT2D eigenvalue weighted by atomic mass is 10.0. The Morgan fingerprint density at radius 2 is 1.80 bits per heavy atom. The van der Waals surface area contributed by atoms with Gasteiger partial charge in [0, 0.05) is 5.56 Å². The van der Waals surface area contributed by atoms with Crippen molar-refractivity contribution in [2.45, 2.75) is 6.92 Å². The summed E-state index contributed by atoms with van der Waals surface area (Å²) >= 11 is 0. The molecule has 0 heterocycles. The first-order valence-electron chi connectivity index (χ1n) is 4.48. The third-order valence-electron chi connectivity index (χ3n) is 2.30. The normalized spacial score (nSPS) is 10.6. The first-order chi connectivity index (χ1) is 7.09. The Morgan fingerprint density at radius 1 is 1.13 bits per heavy atom. The molecule has 15 heavy (non-hydrogen) atoms. The van der Waals surface area contributed by atoms with Crippen LogP contribution < -0.4 is 0 Å². The smallest absolute Gasteiger partial charge is 0.160 e. The molecule has 0 spiro atoms. The summed E-state index contributed by atoms with van der Waals surface area (Å²) in [5.74, 6) is -1.99. The van der Waals surface area contributed by atoms with Crippen molar-refractivity contribution in [3.05, 3.63) is 47.5 Å². The molecule has 2 aromatic rings. The van der Waals surface area contributed by atoms with Crippen LogP contribution in [0.1, 0.15) is 17.3 Å². The summed E-state index contributed by atoms with van der Waals surface area (Å²) in [5.41, 5.74) is 0.409. The number of fused-ring (bicyclic) bond motifs is 1. The van der Waals surface area contributed by atoms with Crippen LogP contribution in [-0.2, 0) is 0 Å². The van der Waals surface area contributed by atoms with Gasteiger partial charge in [-0.3, -0.25) is 4.79 Å². The molecule has 0 saturated carbocycles. The third-order valence-corrected chi connectivity index (χ3v) is 2.30. The predicted molar refractivity (Wildman–Crippen MR) is 53.9 cm³/mol. The van der Waals surface area contributed by atoms with Gasteiger partial charge in [0.2, 0.25) is 0 Å². The van der Waals surface area contributed by atoms with E-state index in [-0.39, 0.29) is 5.78 Å². The number of hydrogen-bond donors (Lipinski definition) is 0. The van der Waals surface area contributed by atoms with E-state index in [4.69, 9.17) is 0 Å². The number of Topliss-reactive ketones (excluding diaryl/α,β-unsaturated/α-hetero) is 1. The molecule has 3 heteroatoms. The topological polar surface area (TPSA) is 17.1 Å². The Hall–Kier alpha value is -1.77. The van der Waals surface area contributed by atoms with Crippen LogP contribution in [0.5, 0.6) is 0 Å². The van der Waals surface area contributed by atoms with E-state index in [0.717, 1.165) is 12.1 Å². The third kappa shape index (κ3) is 1.61. The van der Waals surface area contributed by atoms with Crippen molar-refractivity contribution in [1.29, 1.82) is 0 Å². The van der Waals surface area contributed by atoms with E-state index in [1.54, 1.807) is 18.2 Å². The van der Waals surface area contributed by atoms with Gasteiger partial charge < -0.3 is 0 Å². The van der Waals surface area contributed by atoms with Crippen molar-refractivity contribution in [3.8, 4) is 0 Å². The van der Waals surface area contributed by atoms with Gasteiger partial charge in [0.25, 0.3) is 0 Å². The lowest BCUT2D eigenvalue weighted by Gasteiger charge is -2.03. The molecule has 0 N–H and O–H groups in total. The van der Waals surface area contributed by atoms with Crippen LogP contribution in [0.3, 0.4) is 0 Å². The van der Waals surface area contributed by atoms with Gasteiger partial charge in [0.1, 0.15) is 0 Å². The number of ketones is 1. The highest BCUT2D eigenvalue weighted by molar-refractivity contribution is 6.06. The zero-order valence-electron chi connectivity index (χ0n) is 8.05. The highest BCUT2D eigenvalue weighted by Crippen LogP contribution is 2.22. The van der Waals surface area contributed by atoms with Gasteiger partial charge in [-0.05, 0) is 29.8 Å². The molecular formula is C12H8F2O. The molecule has 0 amide bonds. The molecule has 2 aromatic carbocycles. The number of benzene rings is 2. The predicted octanol–water partition coefficient (Wildman–Crippen LogP) is 3.32. The average molecular weight is 206 g/mol. The van der Waals surface area contributed by atoms with Crippen LogP contribution in [-0.4, -0.2) is 5.78 Å². The molecule has 0 radical (unpaired) electrons. The van der Waals surface area contributed by atoms with E-state index in [9.17, 15) is 13.6 Å². The van der Waals surface area contributed by atoms with E-state index in [1.807, 2.05) is 0 Å². The lowest BCUT2D eigenvalue weighted by molar-refractivity contribution is 0.101. The fourth-order valence-corrected chi connectivity index (χ4v) is 1.58. The monoisotopic (exact) mass is 206 g/mol. The number of halogens is 2. The van der Waals surface area contributed by atoms with Crippen molar-refractivity contribution in [2.75, 3.05) is 0 Å². The highest BCUT2D eigenvalue weighted by Gasteiger charge is 2.09. The van der Waals surface area contributed by atoms with Gasteiger partial charge in [-0.15, -0.1) is 0 Å². The molecular weight excluding hydrogens is 198 g/mol. The Kier molecular flexibility index (Phi) is 2.23. The summed E-state index contributed by atoms with van der Waals surface area (Å²) in [6, 6.07) is 7.04. The molecule has 2 rings (SSSR count). The average Bonchev–Trinajstić information content (AvgIpc) is 2.18. The maximum Gasteiger partial charge on any atom is 0.160 e. The molecule has 0 fully saturated rings. The first kappa shape index (κ1) is 9.77. The van der Waals surface area contributed by atoms with Crippen LogP contribution in [0.15, 0.2) is 30.3 Å². The largest absolute Gasteiger partial charge is 0.294 e. The molecule has 1 nitrogen and oxygen atoms in total. The summed E-state index contributed by atoms with van der Waals surface area (Å²) < 4.78 is 25.9. The molecule has 0 bridgehead atoms. The Balaban J connectivity index is 2.86. The van der Waals surface area contributed by atoms with Crippen molar-refractivity contribution < 1.29 is 13.6 Å². The summed E-state index contributed by atoms with van der Waals surface area (Å²) in [4.78, 5) is 11.2. The summed E-state index contributed by atoms with van der Waals surface area (Å²) in [5, 5.41) is 0.977. The van der Waals surface area contributed by atoms with E-state index in [2.05, 4.69) is 0 Å². The van der Waals surface area contributed by atoms with E-state index in [0.29, 0.717) is 16.3 Å². The molecule has 0 aliphatic carbocycles. The molecule has 0 atom stereocenters. The van der Waals surface area contributed by atoms with Crippen molar-refractivity contribution >= 4 is 16.6 Å². The van der Waals surface area contributed by atoms with Crippen molar-refractivity contribution in [3.63, 3.8) is 0 Å². The van der Waals surface area contributed by atoms with Crippen molar-refractivity contribution in [1.82, 2.24) is 0 Å². The van der Waals surface area contributed by atoms with Crippen LogP contribution in [0.2, 0.25) is 0 Å². The minimum absolute atomic E-state index is 0.161. The maximum atomic E-state index is 13.0. The standard InChI is InChI=1S/C12H8F2O/c1-7(15)9-4-2-3-8-5-11(13)12(14)6-10(8)9/h2-6H,1H3. The first-order valence-corrected chi connectivity index (χ1v) is 4.48. The van der Waals surface area contributed by atoms with E-state index < -0.39 is 11.6 Å². The summed E-state index contributed by atoms with van der Waals surface area (Å²) in [6.07, 6.45) is 0. The molecule has 0 aliphatic rings. The van der Waals surface area contributed by atoms with Crippen LogP contribution in [0.25, 0.3) is 10.8 Å². The fraction of sp³-hybridized carbons (Fsp3) is 0.0833. The van der Waals surface area contributed by atoms with Crippen molar-refractivity contribution in [2.24, 2.45) is 0 Å². The SMILES string of the molecule is CC(=O)c1cccc2cc(F)c(F)cc12. The molecule has 0 aromatic heterocycles. The van der Waals surface area contributed by atoms with Gasteiger partial charge in [-0.25, -0.2) is 8.78 Å². The molecule has 76 valence electrons. The Labute approximate surface area is 85.3 Å². The Morgan fingerprint density at radius 3 is 2.47 bits per heavy atom. The number of carbonyl (C=O) groups excluding carboxylic acids is 1. The number of carbonyl (C=O) groups is 1. The number of rotatable bonds is 1. The second kappa shape index (κ2) is 3.42. The van der Waals surface area contributed by atoms with Crippen LogP contribution in [0, 0.1) is 11.6 Å². The second-order valence-corrected chi connectivity index (χ2v) is 3.35. The Bertz CT molecular complexity index is 547. The summed E-state index contributed by atoms with van der Waals surface area (Å²) in [6.45, 7) is 1.40. The maximum absolute atomic E-state index is 13.0. The van der Waals surface area contributed by atoms with Gasteiger partial charge in [0.15, 0.2) is 17.4 Å². The van der Waals surface area contributed by atoms with Gasteiger partial charge >= 0.3 is 0 Å². The minimum Gasteiger partial charge on any atom is -0.294 e. The number of hydrogen-bond acceptors (Lipinski definition) is 1. The lowest BCUT2D eigenvalue weighted by Crippen LogP contribution is -1.95. The highest BCUT2D eigenvalue weighted by atomic mass is 19.2. The molecule has 0 aliphatic heterocycles. The quantitative estimate of drug-likeness (QED) is 0.654. The van der Waals surface area contributed by atoms with E-state index >= 15 is 0 Å². The zero-order valence-corrected chi connectivity index (χ0v) is 8.05. The second-order valence-electron chi connectivity index (χ2n) is 3.35. The summed E-state index contributed by atoms with van der Waals surface area (Å²) in [7, 11) is 0. The van der Waals surface area contributed by atoms with Crippen LogP contribution in [0.4, 0.5) is 8.78 Å². The minimum atomic E-state index is -0.934. The van der Waals surface area contributed by atoms with E-state index in [1.165, 1.54) is 6.92 Å². The van der Waals surface area contributed by atoms with Gasteiger partial charge in [-0.1, -0.05) is 18.2 Å². The molecule has 0 unspecified atom stereocenters. The van der Waals surface area contributed by atoms with Crippen LogP contribution >= 0.6 is 0 Å². The van der Waals surface area contributed by atoms with Gasteiger partial charge in [-0.2, -0.15) is 0 Å². The van der Waals surface area contributed by atoms with Gasteiger partial charge in [0.05, 0.1) is 0 Å².